The fourth-order valence-electron chi connectivity index (χ4n) is 1.97. The summed E-state index contributed by atoms with van der Waals surface area (Å²) in [5, 5.41) is 17.0. The molecule has 5 nitrogen and oxygen atoms in total. The summed E-state index contributed by atoms with van der Waals surface area (Å²) in [6.07, 6.45) is 2.02. The van der Waals surface area contributed by atoms with E-state index in [0.717, 1.165) is 27.8 Å². The minimum absolute atomic E-state index is 0.0807. The summed E-state index contributed by atoms with van der Waals surface area (Å²) in [4.78, 5) is 11.2. The van der Waals surface area contributed by atoms with Crippen LogP contribution in [0.4, 0.5) is 0 Å². The lowest BCUT2D eigenvalue weighted by Crippen LogP contribution is -2.06. The van der Waals surface area contributed by atoms with Crippen molar-refractivity contribution in [2.24, 2.45) is 0 Å². The molecular weight excluding hydrogens is 345 g/mol. The highest BCUT2D eigenvalue weighted by Gasteiger charge is 2.34. The number of aromatic nitrogens is 3. The van der Waals surface area contributed by atoms with Crippen LogP contribution in [0.1, 0.15) is 34.9 Å². The molecule has 6 heteroatoms. The number of carboxylic acid groups (broad SMARTS) is 1. The number of para-hydroxylation sites is 1. The van der Waals surface area contributed by atoms with E-state index in [-0.39, 0.29) is 11.6 Å². The first-order valence-corrected chi connectivity index (χ1v) is 6.70. The average molecular weight is 355 g/mol. The molecule has 2 aromatic rings. The van der Waals surface area contributed by atoms with Crippen molar-refractivity contribution >= 4 is 28.6 Å². The molecule has 0 bridgehead atoms. The van der Waals surface area contributed by atoms with E-state index in [4.69, 9.17) is 5.11 Å². The normalized spacial score (nSPS) is 14.7. The molecular formula is C12H10IN3O2. The molecule has 3 rings (SSSR count). The van der Waals surface area contributed by atoms with Crippen LogP contribution in [0.3, 0.4) is 0 Å². The van der Waals surface area contributed by atoms with Crippen molar-refractivity contribution in [1.82, 2.24) is 15.0 Å². The summed E-state index contributed by atoms with van der Waals surface area (Å²) in [7, 11) is 0. The fraction of sp³-hybridized carbons (Fsp3) is 0.250. The van der Waals surface area contributed by atoms with E-state index >= 15 is 0 Å². The lowest BCUT2D eigenvalue weighted by atomic mass is 10.2. The summed E-state index contributed by atoms with van der Waals surface area (Å²) >= 11 is 2.21. The molecule has 1 aromatic carbocycles. The second-order valence-corrected chi connectivity index (χ2v) is 5.43. The molecule has 0 saturated heterocycles. The van der Waals surface area contributed by atoms with Crippen LogP contribution in [0.5, 0.6) is 0 Å². The van der Waals surface area contributed by atoms with Crippen LogP contribution >= 0.6 is 22.6 Å². The van der Waals surface area contributed by atoms with Crippen LogP contribution in [0, 0.1) is 3.57 Å². The van der Waals surface area contributed by atoms with Gasteiger partial charge in [-0.1, -0.05) is 17.3 Å². The summed E-state index contributed by atoms with van der Waals surface area (Å²) < 4.78 is 2.70. The minimum Gasteiger partial charge on any atom is -0.476 e. The lowest BCUT2D eigenvalue weighted by molar-refractivity contribution is 0.0689. The van der Waals surface area contributed by atoms with Crippen LogP contribution in [0.2, 0.25) is 0 Å². The van der Waals surface area contributed by atoms with E-state index in [9.17, 15) is 4.79 Å². The molecule has 0 aliphatic heterocycles. The Labute approximate surface area is 117 Å². The first-order valence-electron chi connectivity index (χ1n) is 5.62. The number of halogens is 1. The number of hydrogen-bond acceptors (Lipinski definition) is 3. The second kappa shape index (κ2) is 4.34. The van der Waals surface area contributed by atoms with Gasteiger partial charge in [0.05, 0.1) is 11.4 Å². The predicted octanol–water partition coefficient (Wildman–Crippen LogP) is 2.45. The van der Waals surface area contributed by atoms with Crippen molar-refractivity contribution < 1.29 is 9.90 Å². The Kier molecular flexibility index (Phi) is 2.81. The van der Waals surface area contributed by atoms with Gasteiger partial charge in [-0.3, -0.25) is 0 Å². The standard InChI is InChI=1S/C12H10IN3O2/c13-8-3-1-2-4-9(8)16-11(7-5-6-7)10(12(17)18)14-15-16/h1-4,7H,5-6H2,(H,17,18). The molecule has 1 fully saturated rings. The zero-order valence-corrected chi connectivity index (χ0v) is 11.5. The summed E-state index contributed by atoms with van der Waals surface area (Å²) in [5.74, 6) is -0.726. The van der Waals surface area contributed by atoms with Gasteiger partial charge in [-0.2, -0.15) is 0 Å². The fourth-order valence-corrected chi connectivity index (χ4v) is 2.58. The number of rotatable bonds is 3. The SMILES string of the molecule is O=C(O)c1nnn(-c2ccccc2I)c1C1CC1. The number of carboxylic acids is 1. The molecule has 0 amide bonds. The van der Waals surface area contributed by atoms with E-state index in [0.29, 0.717) is 0 Å². The quantitative estimate of drug-likeness (QED) is 0.859. The zero-order chi connectivity index (χ0) is 12.7. The highest BCUT2D eigenvalue weighted by molar-refractivity contribution is 14.1. The van der Waals surface area contributed by atoms with E-state index in [1.807, 2.05) is 24.3 Å². The van der Waals surface area contributed by atoms with Gasteiger partial charge < -0.3 is 5.11 Å². The third kappa shape index (κ3) is 1.90. The molecule has 1 aliphatic carbocycles. The van der Waals surface area contributed by atoms with E-state index < -0.39 is 5.97 Å². The van der Waals surface area contributed by atoms with Crippen LogP contribution < -0.4 is 0 Å². The molecule has 0 spiro atoms. The Morgan fingerprint density at radius 2 is 2.11 bits per heavy atom. The second-order valence-electron chi connectivity index (χ2n) is 4.27. The van der Waals surface area contributed by atoms with Crippen molar-refractivity contribution in [3.63, 3.8) is 0 Å². The Morgan fingerprint density at radius 3 is 2.72 bits per heavy atom. The van der Waals surface area contributed by atoms with Gasteiger partial charge in [0.15, 0.2) is 5.69 Å². The molecule has 1 aliphatic rings. The molecule has 0 atom stereocenters. The number of nitrogens with zero attached hydrogens (tertiary/aromatic N) is 3. The van der Waals surface area contributed by atoms with Gasteiger partial charge in [0.2, 0.25) is 0 Å². The Morgan fingerprint density at radius 1 is 1.39 bits per heavy atom. The van der Waals surface area contributed by atoms with Crippen LogP contribution in [0.25, 0.3) is 5.69 Å². The Bertz CT molecular complexity index is 620. The molecule has 18 heavy (non-hydrogen) atoms. The molecule has 1 heterocycles. The molecule has 1 aromatic heterocycles. The van der Waals surface area contributed by atoms with Crippen molar-refractivity contribution in [3.05, 3.63) is 39.2 Å². The molecule has 0 radical (unpaired) electrons. The van der Waals surface area contributed by atoms with Gasteiger partial charge >= 0.3 is 5.97 Å². The largest absolute Gasteiger partial charge is 0.476 e. The van der Waals surface area contributed by atoms with Crippen molar-refractivity contribution in [3.8, 4) is 5.69 Å². The number of hydrogen-bond donors (Lipinski definition) is 1. The van der Waals surface area contributed by atoms with Crippen molar-refractivity contribution in [2.75, 3.05) is 0 Å². The maximum absolute atomic E-state index is 11.2. The van der Waals surface area contributed by atoms with Crippen LogP contribution in [0.15, 0.2) is 24.3 Å². The third-order valence-corrected chi connectivity index (χ3v) is 3.86. The monoisotopic (exact) mass is 355 g/mol. The van der Waals surface area contributed by atoms with Gasteiger partial charge in [-0.15, -0.1) is 5.10 Å². The van der Waals surface area contributed by atoms with Crippen molar-refractivity contribution in [2.45, 2.75) is 18.8 Å². The van der Waals surface area contributed by atoms with Crippen molar-refractivity contribution in [1.29, 1.82) is 0 Å². The maximum atomic E-state index is 11.2. The third-order valence-electron chi connectivity index (χ3n) is 2.95. The summed E-state index contributed by atoms with van der Waals surface area (Å²) in [5.41, 5.74) is 1.70. The lowest BCUT2D eigenvalue weighted by Gasteiger charge is -2.07. The number of carbonyl (C=O) groups is 1. The number of aromatic carboxylic acids is 1. The first-order chi connectivity index (χ1) is 8.68. The summed E-state index contributed by atoms with van der Waals surface area (Å²) in [6.45, 7) is 0. The van der Waals surface area contributed by atoms with Gasteiger partial charge in [0, 0.05) is 9.49 Å². The molecule has 0 unspecified atom stereocenters. The Hall–Kier alpha value is -1.44. The van der Waals surface area contributed by atoms with Gasteiger partial charge in [-0.05, 0) is 47.6 Å². The predicted molar refractivity (Wildman–Crippen MR) is 73.0 cm³/mol. The first kappa shape index (κ1) is 11.6. The summed E-state index contributed by atoms with van der Waals surface area (Å²) in [6, 6.07) is 7.75. The van der Waals surface area contributed by atoms with E-state index in [1.54, 1.807) is 4.68 Å². The minimum atomic E-state index is -1.01. The topological polar surface area (TPSA) is 68.0 Å². The molecule has 92 valence electrons. The van der Waals surface area contributed by atoms with E-state index in [1.165, 1.54) is 0 Å². The average Bonchev–Trinajstić information content (AvgIpc) is 3.09. The van der Waals surface area contributed by atoms with Gasteiger partial charge in [-0.25, -0.2) is 9.48 Å². The zero-order valence-electron chi connectivity index (χ0n) is 9.38. The van der Waals surface area contributed by atoms with Gasteiger partial charge in [0.1, 0.15) is 0 Å². The highest BCUT2D eigenvalue weighted by Crippen LogP contribution is 2.42. The van der Waals surface area contributed by atoms with E-state index in [2.05, 4.69) is 32.9 Å². The number of benzene rings is 1. The molecule has 1 saturated carbocycles. The maximum Gasteiger partial charge on any atom is 0.358 e. The molecule has 1 N–H and O–H groups in total. The van der Waals surface area contributed by atoms with Crippen LogP contribution in [-0.4, -0.2) is 26.1 Å². The Balaban J connectivity index is 2.18. The van der Waals surface area contributed by atoms with Crippen LogP contribution in [-0.2, 0) is 0 Å². The smallest absolute Gasteiger partial charge is 0.358 e. The highest BCUT2D eigenvalue weighted by atomic mass is 127. The van der Waals surface area contributed by atoms with Gasteiger partial charge in [0.25, 0.3) is 0 Å².